The van der Waals surface area contributed by atoms with Crippen LogP contribution >= 0.6 is 11.3 Å². The number of anilines is 1. The van der Waals surface area contributed by atoms with Crippen molar-refractivity contribution in [1.82, 2.24) is 14.5 Å². The number of fused-ring (bicyclic) bond motifs is 1. The number of amides is 2. The van der Waals surface area contributed by atoms with Crippen LogP contribution in [0.5, 0.6) is 0 Å². The fourth-order valence-electron chi connectivity index (χ4n) is 2.64. The van der Waals surface area contributed by atoms with Gasteiger partial charge in [-0.25, -0.2) is 14.6 Å². The Balaban J connectivity index is 1.70. The summed E-state index contributed by atoms with van der Waals surface area (Å²) in [5.41, 5.74) is 2.62. The molecule has 0 radical (unpaired) electrons. The van der Waals surface area contributed by atoms with Gasteiger partial charge in [0, 0.05) is 36.6 Å². The van der Waals surface area contributed by atoms with Gasteiger partial charge in [-0.3, -0.25) is 4.57 Å². The standard InChI is InChI=1S/C18H22N4O3S/c1-5-22-14-7-6-12(8-15(14)25-18(22)24)20-17(23)21(4)9-13-10-26-16(19-13)11(2)3/h6-8,10-11H,5,9H2,1-4H3,(H,20,23). The first-order valence-corrected chi connectivity index (χ1v) is 9.36. The predicted molar refractivity (Wildman–Crippen MR) is 103 cm³/mol. The zero-order valence-corrected chi connectivity index (χ0v) is 16.1. The minimum atomic E-state index is -0.396. The molecule has 0 spiro atoms. The molecule has 1 N–H and O–H groups in total. The molecule has 26 heavy (non-hydrogen) atoms. The first-order chi connectivity index (χ1) is 12.4. The molecule has 2 amide bonds. The summed E-state index contributed by atoms with van der Waals surface area (Å²) >= 11 is 1.61. The van der Waals surface area contributed by atoms with Gasteiger partial charge in [-0.05, 0) is 19.1 Å². The number of carbonyl (C=O) groups excluding carboxylic acids is 1. The number of hydrogen-bond donors (Lipinski definition) is 1. The normalized spacial score (nSPS) is 11.3. The smallest absolute Gasteiger partial charge is 0.408 e. The molecule has 0 saturated heterocycles. The number of carbonyl (C=O) groups is 1. The first-order valence-electron chi connectivity index (χ1n) is 8.48. The number of hydrogen-bond acceptors (Lipinski definition) is 5. The van der Waals surface area contributed by atoms with E-state index in [9.17, 15) is 9.59 Å². The summed E-state index contributed by atoms with van der Waals surface area (Å²) in [5, 5.41) is 5.87. The van der Waals surface area contributed by atoms with Crippen LogP contribution in [0.3, 0.4) is 0 Å². The van der Waals surface area contributed by atoms with Crippen molar-refractivity contribution in [1.29, 1.82) is 0 Å². The molecule has 1 aromatic carbocycles. The van der Waals surface area contributed by atoms with E-state index in [0.717, 1.165) is 10.7 Å². The van der Waals surface area contributed by atoms with Gasteiger partial charge in [-0.15, -0.1) is 11.3 Å². The van der Waals surface area contributed by atoms with Gasteiger partial charge in [0.2, 0.25) is 0 Å². The zero-order valence-electron chi connectivity index (χ0n) is 15.3. The highest BCUT2D eigenvalue weighted by Crippen LogP contribution is 2.21. The first kappa shape index (κ1) is 18.2. The molecular weight excluding hydrogens is 352 g/mol. The molecule has 3 rings (SSSR count). The van der Waals surface area contributed by atoms with E-state index in [0.29, 0.717) is 35.8 Å². The third kappa shape index (κ3) is 3.65. The van der Waals surface area contributed by atoms with E-state index in [1.54, 1.807) is 46.1 Å². The summed E-state index contributed by atoms with van der Waals surface area (Å²) in [6.07, 6.45) is 0. The molecule has 0 bridgehead atoms. The molecule has 0 aliphatic heterocycles. The number of nitrogens with zero attached hydrogens (tertiary/aromatic N) is 3. The lowest BCUT2D eigenvalue weighted by Gasteiger charge is -2.16. The van der Waals surface area contributed by atoms with Crippen molar-refractivity contribution >= 4 is 34.2 Å². The maximum absolute atomic E-state index is 12.4. The van der Waals surface area contributed by atoms with Crippen molar-refractivity contribution in [2.75, 3.05) is 12.4 Å². The predicted octanol–water partition coefficient (Wildman–Crippen LogP) is 3.86. The Labute approximate surface area is 155 Å². The fourth-order valence-corrected chi connectivity index (χ4v) is 3.46. The number of thiazole rings is 1. The van der Waals surface area contributed by atoms with Crippen LogP contribution in [0, 0.1) is 0 Å². The van der Waals surface area contributed by atoms with Crippen molar-refractivity contribution in [2.45, 2.75) is 39.8 Å². The van der Waals surface area contributed by atoms with Gasteiger partial charge in [0.1, 0.15) is 0 Å². The quantitative estimate of drug-likeness (QED) is 0.735. The average Bonchev–Trinajstić information content (AvgIpc) is 3.17. The van der Waals surface area contributed by atoms with Gasteiger partial charge >= 0.3 is 11.8 Å². The number of urea groups is 1. The fraction of sp³-hybridized carbons (Fsp3) is 0.389. The van der Waals surface area contributed by atoms with Crippen LogP contribution in [0.2, 0.25) is 0 Å². The molecule has 0 unspecified atom stereocenters. The lowest BCUT2D eigenvalue weighted by atomic mass is 10.2. The summed E-state index contributed by atoms with van der Waals surface area (Å²) in [6.45, 7) is 7.04. The SMILES string of the molecule is CCn1c(=O)oc2cc(NC(=O)N(C)Cc3csc(C(C)C)n3)ccc21. The van der Waals surface area contributed by atoms with Gasteiger partial charge in [-0.1, -0.05) is 13.8 Å². The van der Waals surface area contributed by atoms with Crippen molar-refractivity contribution in [2.24, 2.45) is 0 Å². The minimum Gasteiger partial charge on any atom is -0.408 e. The third-order valence-corrected chi connectivity index (χ3v) is 5.24. The van der Waals surface area contributed by atoms with Crippen LogP contribution in [0.15, 0.2) is 32.8 Å². The summed E-state index contributed by atoms with van der Waals surface area (Å²) in [5.74, 6) is -0.0164. The Morgan fingerprint density at radius 3 is 2.85 bits per heavy atom. The second-order valence-corrected chi connectivity index (χ2v) is 7.30. The number of nitrogens with one attached hydrogen (secondary N) is 1. The Kier molecular flexibility index (Phi) is 5.13. The molecule has 8 heteroatoms. The Hall–Kier alpha value is -2.61. The van der Waals surface area contributed by atoms with Crippen LogP contribution in [0.1, 0.15) is 37.4 Å². The monoisotopic (exact) mass is 374 g/mol. The molecule has 7 nitrogen and oxygen atoms in total. The van der Waals surface area contributed by atoms with Crippen molar-refractivity contribution in [3.8, 4) is 0 Å². The highest BCUT2D eigenvalue weighted by atomic mass is 32.1. The Bertz CT molecular complexity index is 986. The van der Waals surface area contributed by atoms with Gasteiger partial charge in [0.15, 0.2) is 5.58 Å². The van der Waals surface area contributed by atoms with Crippen molar-refractivity contribution in [3.05, 3.63) is 44.8 Å². The Morgan fingerprint density at radius 1 is 1.42 bits per heavy atom. The summed E-state index contributed by atoms with van der Waals surface area (Å²) < 4.78 is 6.77. The lowest BCUT2D eigenvalue weighted by Crippen LogP contribution is -2.30. The molecule has 0 fully saturated rings. The van der Waals surface area contributed by atoms with E-state index >= 15 is 0 Å². The molecular formula is C18H22N4O3S. The van der Waals surface area contributed by atoms with E-state index in [1.165, 1.54) is 0 Å². The largest absolute Gasteiger partial charge is 0.419 e. The molecule has 138 valence electrons. The van der Waals surface area contributed by atoms with Crippen molar-refractivity contribution in [3.63, 3.8) is 0 Å². The van der Waals surface area contributed by atoms with Crippen LogP contribution in [-0.2, 0) is 13.1 Å². The highest BCUT2D eigenvalue weighted by molar-refractivity contribution is 7.09. The van der Waals surface area contributed by atoms with Crippen LogP contribution < -0.4 is 11.1 Å². The van der Waals surface area contributed by atoms with E-state index in [2.05, 4.69) is 24.1 Å². The molecule has 0 saturated carbocycles. The second-order valence-electron chi connectivity index (χ2n) is 6.41. The van der Waals surface area contributed by atoms with Gasteiger partial charge < -0.3 is 14.6 Å². The molecule has 2 heterocycles. The van der Waals surface area contributed by atoms with Gasteiger partial charge in [0.05, 0.1) is 22.8 Å². The number of oxazole rings is 1. The minimum absolute atomic E-state index is 0.249. The summed E-state index contributed by atoms with van der Waals surface area (Å²) in [6, 6.07) is 4.94. The van der Waals surface area contributed by atoms with Crippen LogP contribution in [0.25, 0.3) is 11.1 Å². The van der Waals surface area contributed by atoms with Crippen LogP contribution in [-0.4, -0.2) is 27.5 Å². The average molecular weight is 374 g/mol. The molecule has 3 aromatic rings. The van der Waals surface area contributed by atoms with Crippen molar-refractivity contribution < 1.29 is 9.21 Å². The second kappa shape index (κ2) is 7.33. The number of benzene rings is 1. The van der Waals surface area contributed by atoms with E-state index < -0.39 is 5.76 Å². The topological polar surface area (TPSA) is 80.4 Å². The van der Waals surface area contributed by atoms with E-state index in [1.807, 2.05) is 12.3 Å². The zero-order chi connectivity index (χ0) is 18.8. The molecule has 0 aliphatic rings. The highest BCUT2D eigenvalue weighted by Gasteiger charge is 2.14. The maximum atomic E-state index is 12.4. The third-order valence-electron chi connectivity index (χ3n) is 4.05. The van der Waals surface area contributed by atoms with Gasteiger partial charge in [-0.2, -0.15) is 0 Å². The lowest BCUT2D eigenvalue weighted by molar-refractivity contribution is 0.220. The summed E-state index contributed by atoms with van der Waals surface area (Å²) in [4.78, 5) is 30.3. The summed E-state index contributed by atoms with van der Waals surface area (Å²) in [7, 11) is 1.72. The Morgan fingerprint density at radius 2 is 2.19 bits per heavy atom. The van der Waals surface area contributed by atoms with E-state index in [4.69, 9.17) is 4.42 Å². The van der Waals surface area contributed by atoms with Crippen LogP contribution in [0.4, 0.5) is 10.5 Å². The number of rotatable bonds is 5. The molecule has 0 atom stereocenters. The van der Waals surface area contributed by atoms with E-state index in [-0.39, 0.29) is 6.03 Å². The number of aromatic nitrogens is 2. The molecule has 0 aliphatic carbocycles. The van der Waals surface area contributed by atoms with Gasteiger partial charge in [0.25, 0.3) is 0 Å². The molecule has 2 aromatic heterocycles. The number of aryl methyl sites for hydroxylation is 1. The maximum Gasteiger partial charge on any atom is 0.419 e.